The summed E-state index contributed by atoms with van der Waals surface area (Å²) in [6.07, 6.45) is 0. The van der Waals surface area contributed by atoms with Crippen LogP contribution < -0.4 is 0 Å². The number of fused-ring (bicyclic) bond motifs is 1. The standard InChI is InChI=1S/C17H18N2O3S2/c1-12-4-6-13(7-5-12)11-23-17-18-15-10-14(8-9-16(15)22-17)24(20,21)19(2)3/h4-10H,11H2,1-3H3. The first-order valence-corrected chi connectivity index (χ1v) is 9.80. The number of aromatic nitrogens is 1. The van der Waals surface area contributed by atoms with E-state index in [1.165, 1.54) is 47.4 Å². The van der Waals surface area contributed by atoms with Crippen molar-refractivity contribution in [3.05, 3.63) is 53.6 Å². The molecule has 3 aromatic rings. The van der Waals surface area contributed by atoms with Crippen molar-refractivity contribution in [3.8, 4) is 0 Å². The highest BCUT2D eigenvalue weighted by atomic mass is 32.2. The molecule has 0 aliphatic rings. The van der Waals surface area contributed by atoms with Gasteiger partial charge in [0.1, 0.15) is 5.52 Å². The van der Waals surface area contributed by atoms with E-state index >= 15 is 0 Å². The van der Waals surface area contributed by atoms with Gasteiger partial charge in [0.15, 0.2) is 5.58 Å². The van der Waals surface area contributed by atoms with Gasteiger partial charge in [0.25, 0.3) is 5.22 Å². The van der Waals surface area contributed by atoms with Crippen LogP contribution in [0.15, 0.2) is 57.0 Å². The van der Waals surface area contributed by atoms with Crippen LogP contribution in [0.2, 0.25) is 0 Å². The third-order valence-corrected chi connectivity index (χ3v) is 6.31. The highest BCUT2D eigenvalue weighted by molar-refractivity contribution is 7.98. The second-order valence-electron chi connectivity index (χ2n) is 5.67. The van der Waals surface area contributed by atoms with E-state index in [2.05, 4.69) is 36.2 Å². The molecule has 0 N–H and O–H groups in total. The molecule has 1 heterocycles. The van der Waals surface area contributed by atoms with Crippen molar-refractivity contribution >= 4 is 32.9 Å². The van der Waals surface area contributed by atoms with Gasteiger partial charge in [-0.05, 0) is 30.7 Å². The minimum Gasteiger partial charge on any atom is -0.431 e. The second kappa shape index (κ2) is 6.58. The van der Waals surface area contributed by atoms with E-state index in [0.717, 1.165) is 5.75 Å². The highest BCUT2D eigenvalue weighted by Gasteiger charge is 2.19. The van der Waals surface area contributed by atoms with Crippen molar-refractivity contribution in [3.63, 3.8) is 0 Å². The monoisotopic (exact) mass is 362 g/mol. The smallest absolute Gasteiger partial charge is 0.257 e. The Morgan fingerprint density at radius 1 is 1.12 bits per heavy atom. The molecule has 5 nitrogen and oxygen atoms in total. The normalized spacial score (nSPS) is 12.2. The molecule has 7 heteroatoms. The van der Waals surface area contributed by atoms with Crippen LogP contribution in [0.3, 0.4) is 0 Å². The van der Waals surface area contributed by atoms with Crippen LogP contribution in [0.4, 0.5) is 0 Å². The van der Waals surface area contributed by atoms with Gasteiger partial charge in [0.05, 0.1) is 4.90 Å². The lowest BCUT2D eigenvalue weighted by Gasteiger charge is -2.10. The molecular formula is C17H18N2O3S2. The van der Waals surface area contributed by atoms with Gasteiger partial charge < -0.3 is 4.42 Å². The fourth-order valence-electron chi connectivity index (χ4n) is 2.15. The van der Waals surface area contributed by atoms with Crippen molar-refractivity contribution in [1.29, 1.82) is 0 Å². The van der Waals surface area contributed by atoms with E-state index in [4.69, 9.17) is 4.42 Å². The van der Waals surface area contributed by atoms with Gasteiger partial charge in [0, 0.05) is 19.8 Å². The minimum absolute atomic E-state index is 0.211. The van der Waals surface area contributed by atoms with Crippen LogP contribution in [0.5, 0.6) is 0 Å². The molecule has 0 atom stereocenters. The number of hydrogen-bond acceptors (Lipinski definition) is 5. The van der Waals surface area contributed by atoms with E-state index in [9.17, 15) is 8.42 Å². The topological polar surface area (TPSA) is 63.4 Å². The van der Waals surface area contributed by atoms with Crippen LogP contribution in [0.1, 0.15) is 11.1 Å². The van der Waals surface area contributed by atoms with Crippen molar-refractivity contribution in [2.45, 2.75) is 22.8 Å². The van der Waals surface area contributed by atoms with Gasteiger partial charge in [-0.1, -0.05) is 41.6 Å². The number of rotatable bonds is 5. The van der Waals surface area contributed by atoms with Crippen molar-refractivity contribution < 1.29 is 12.8 Å². The first-order chi connectivity index (χ1) is 11.4. The average Bonchev–Trinajstić information content (AvgIpc) is 2.96. The number of sulfonamides is 1. The van der Waals surface area contributed by atoms with Crippen LogP contribution in [0, 0.1) is 6.92 Å². The first-order valence-electron chi connectivity index (χ1n) is 7.38. The SMILES string of the molecule is Cc1ccc(CSc2nc3cc(S(=O)(=O)N(C)C)ccc3o2)cc1. The third kappa shape index (κ3) is 3.48. The molecule has 0 aliphatic carbocycles. The molecule has 0 bridgehead atoms. The molecule has 0 fully saturated rings. The lowest BCUT2D eigenvalue weighted by Crippen LogP contribution is -2.22. The maximum atomic E-state index is 12.2. The molecule has 0 radical (unpaired) electrons. The predicted molar refractivity (Wildman–Crippen MR) is 95.6 cm³/mol. The van der Waals surface area contributed by atoms with E-state index in [1.807, 2.05) is 0 Å². The largest absolute Gasteiger partial charge is 0.431 e. The van der Waals surface area contributed by atoms with E-state index in [0.29, 0.717) is 16.3 Å². The number of aryl methyl sites for hydroxylation is 1. The quantitative estimate of drug-likeness (QED) is 0.648. The molecule has 1 aromatic heterocycles. The Kier molecular flexibility index (Phi) is 4.67. The van der Waals surface area contributed by atoms with Gasteiger partial charge in [-0.15, -0.1) is 0 Å². The van der Waals surface area contributed by atoms with Crippen LogP contribution in [-0.2, 0) is 15.8 Å². The minimum atomic E-state index is -3.47. The second-order valence-corrected chi connectivity index (χ2v) is 8.75. The fourth-order valence-corrected chi connectivity index (χ4v) is 3.86. The summed E-state index contributed by atoms with van der Waals surface area (Å²) >= 11 is 1.49. The van der Waals surface area contributed by atoms with Crippen molar-refractivity contribution in [2.24, 2.45) is 0 Å². The van der Waals surface area contributed by atoms with Crippen LogP contribution >= 0.6 is 11.8 Å². The summed E-state index contributed by atoms with van der Waals surface area (Å²) in [4.78, 5) is 4.60. The van der Waals surface area contributed by atoms with Gasteiger partial charge in [-0.2, -0.15) is 0 Å². The zero-order valence-corrected chi connectivity index (χ0v) is 15.3. The Balaban J connectivity index is 1.82. The Bertz CT molecular complexity index is 961. The van der Waals surface area contributed by atoms with Gasteiger partial charge >= 0.3 is 0 Å². The molecule has 3 rings (SSSR count). The number of oxazole rings is 1. The van der Waals surface area contributed by atoms with Crippen molar-refractivity contribution in [1.82, 2.24) is 9.29 Å². The zero-order chi connectivity index (χ0) is 17.3. The summed E-state index contributed by atoms with van der Waals surface area (Å²) in [5, 5.41) is 0.532. The third-order valence-electron chi connectivity index (χ3n) is 3.60. The van der Waals surface area contributed by atoms with Gasteiger partial charge in [0.2, 0.25) is 10.0 Å². The molecule has 0 unspecified atom stereocenters. The summed E-state index contributed by atoms with van der Waals surface area (Å²) < 4.78 is 31.2. The van der Waals surface area contributed by atoms with E-state index in [-0.39, 0.29) is 4.90 Å². The first kappa shape index (κ1) is 17.0. The summed E-state index contributed by atoms with van der Waals surface area (Å²) in [6.45, 7) is 2.05. The Morgan fingerprint density at radius 3 is 2.50 bits per heavy atom. The lowest BCUT2D eigenvalue weighted by molar-refractivity contribution is 0.489. The van der Waals surface area contributed by atoms with Gasteiger partial charge in [-0.25, -0.2) is 17.7 Å². The fraction of sp³-hybridized carbons (Fsp3) is 0.235. The summed E-state index contributed by atoms with van der Waals surface area (Å²) in [7, 11) is -0.463. The molecule has 0 saturated heterocycles. The maximum absolute atomic E-state index is 12.2. The van der Waals surface area contributed by atoms with Crippen LogP contribution in [0.25, 0.3) is 11.1 Å². The van der Waals surface area contributed by atoms with E-state index < -0.39 is 10.0 Å². The number of benzene rings is 2. The average molecular weight is 362 g/mol. The Labute approximate surface area is 145 Å². The molecular weight excluding hydrogens is 344 g/mol. The molecule has 0 spiro atoms. The molecule has 2 aromatic carbocycles. The Morgan fingerprint density at radius 2 is 1.83 bits per heavy atom. The summed E-state index contributed by atoms with van der Waals surface area (Å²) in [5.74, 6) is 0.746. The number of nitrogens with zero attached hydrogens (tertiary/aromatic N) is 2. The summed E-state index contributed by atoms with van der Waals surface area (Å²) in [5.41, 5.74) is 3.53. The van der Waals surface area contributed by atoms with Gasteiger partial charge in [-0.3, -0.25) is 0 Å². The summed E-state index contributed by atoms with van der Waals surface area (Å²) in [6, 6.07) is 13.0. The van der Waals surface area contributed by atoms with Crippen molar-refractivity contribution in [2.75, 3.05) is 14.1 Å². The number of thioether (sulfide) groups is 1. The Hall–Kier alpha value is -1.83. The molecule has 24 heavy (non-hydrogen) atoms. The molecule has 0 amide bonds. The lowest BCUT2D eigenvalue weighted by atomic mass is 10.2. The van der Waals surface area contributed by atoms with Crippen LogP contribution in [-0.4, -0.2) is 31.8 Å². The molecule has 0 saturated carbocycles. The maximum Gasteiger partial charge on any atom is 0.257 e. The number of hydrogen-bond donors (Lipinski definition) is 0. The molecule has 0 aliphatic heterocycles. The highest BCUT2D eigenvalue weighted by Crippen LogP contribution is 2.28. The van der Waals surface area contributed by atoms with E-state index in [1.54, 1.807) is 12.1 Å². The predicted octanol–water partition coefficient (Wildman–Crippen LogP) is 3.68. The zero-order valence-electron chi connectivity index (χ0n) is 13.7. The molecule has 126 valence electrons.